The minimum absolute atomic E-state index is 0.174. The lowest BCUT2D eigenvalue weighted by Gasteiger charge is -2.33. The van der Waals surface area contributed by atoms with Crippen LogP contribution in [0.5, 0.6) is 5.75 Å². The lowest BCUT2D eigenvalue weighted by atomic mass is 9.98. The van der Waals surface area contributed by atoms with Gasteiger partial charge in [0.25, 0.3) is 0 Å². The van der Waals surface area contributed by atoms with E-state index in [1.807, 2.05) is 30.5 Å². The van der Waals surface area contributed by atoms with Gasteiger partial charge in [-0.15, -0.1) is 0 Å². The number of benzene rings is 1. The van der Waals surface area contributed by atoms with Crippen LogP contribution in [0.2, 0.25) is 0 Å². The maximum absolute atomic E-state index is 12.2. The van der Waals surface area contributed by atoms with Gasteiger partial charge in [0.05, 0.1) is 18.0 Å². The molecule has 0 radical (unpaired) electrons. The van der Waals surface area contributed by atoms with Crippen molar-refractivity contribution in [2.75, 3.05) is 37.4 Å². The molecule has 10 heteroatoms. The van der Waals surface area contributed by atoms with Crippen LogP contribution in [0.15, 0.2) is 30.5 Å². The van der Waals surface area contributed by atoms with Crippen LogP contribution in [-0.4, -0.2) is 49.8 Å². The maximum atomic E-state index is 12.2. The van der Waals surface area contributed by atoms with E-state index in [-0.39, 0.29) is 11.2 Å². The Bertz CT molecular complexity index is 1240. The third kappa shape index (κ3) is 4.26. The Hall–Kier alpha value is -2.43. The predicted molar refractivity (Wildman–Crippen MR) is 129 cm³/mol. The first-order valence-corrected chi connectivity index (χ1v) is 13.2. The largest absolute Gasteiger partial charge is 0.495 e. The Morgan fingerprint density at radius 3 is 2.88 bits per heavy atom. The second kappa shape index (κ2) is 8.49. The fourth-order valence-electron chi connectivity index (χ4n) is 4.23. The van der Waals surface area contributed by atoms with Crippen molar-refractivity contribution >= 4 is 43.3 Å². The third-order valence-electron chi connectivity index (χ3n) is 6.21. The Kier molecular flexibility index (Phi) is 5.68. The van der Waals surface area contributed by atoms with Crippen molar-refractivity contribution in [3.63, 3.8) is 0 Å². The van der Waals surface area contributed by atoms with Crippen LogP contribution in [0.4, 0.5) is 10.7 Å². The molecule has 3 N–H and O–H groups in total. The SMILES string of the molecule is COc1cc(-c2cnc3c(N4CCCC(CNS(=O)(=O)C5CC5)C4)snc3c2)ccc1N. The lowest BCUT2D eigenvalue weighted by Crippen LogP contribution is -2.41. The van der Waals surface area contributed by atoms with Crippen LogP contribution in [0, 0.1) is 5.92 Å². The number of nitrogen functional groups attached to an aromatic ring is 1. The molecule has 170 valence electrons. The summed E-state index contributed by atoms with van der Waals surface area (Å²) in [7, 11) is -1.54. The normalized spacial score (nSPS) is 19.4. The number of piperidine rings is 1. The summed E-state index contributed by atoms with van der Waals surface area (Å²) in [5.74, 6) is 0.925. The van der Waals surface area contributed by atoms with Gasteiger partial charge in [0.1, 0.15) is 21.8 Å². The summed E-state index contributed by atoms with van der Waals surface area (Å²) in [6.07, 6.45) is 5.48. The van der Waals surface area contributed by atoms with Crippen molar-refractivity contribution in [1.82, 2.24) is 14.1 Å². The first-order valence-electron chi connectivity index (χ1n) is 10.9. The maximum Gasteiger partial charge on any atom is 0.214 e. The summed E-state index contributed by atoms with van der Waals surface area (Å²) < 4.78 is 37.2. The number of nitrogens with one attached hydrogen (secondary N) is 1. The van der Waals surface area contributed by atoms with Crippen LogP contribution >= 0.6 is 11.5 Å². The molecular weight excluding hydrogens is 446 g/mol. The smallest absolute Gasteiger partial charge is 0.214 e. The van der Waals surface area contributed by atoms with Crippen molar-refractivity contribution in [2.24, 2.45) is 5.92 Å². The Labute approximate surface area is 192 Å². The van der Waals surface area contributed by atoms with Gasteiger partial charge in [-0.25, -0.2) is 13.1 Å². The highest BCUT2D eigenvalue weighted by Gasteiger charge is 2.36. The van der Waals surface area contributed by atoms with E-state index in [0.717, 1.165) is 65.9 Å². The number of ether oxygens (including phenoxy) is 1. The van der Waals surface area contributed by atoms with E-state index in [1.165, 1.54) is 11.5 Å². The van der Waals surface area contributed by atoms with Crippen LogP contribution in [0.1, 0.15) is 25.7 Å². The number of hydrogen-bond acceptors (Lipinski definition) is 8. The summed E-state index contributed by atoms with van der Waals surface area (Å²) in [6, 6.07) is 7.73. The van der Waals surface area contributed by atoms with Gasteiger partial charge in [-0.1, -0.05) is 6.07 Å². The van der Waals surface area contributed by atoms with Crippen molar-refractivity contribution < 1.29 is 13.2 Å². The van der Waals surface area contributed by atoms with Crippen LogP contribution < -0.4 is 20.1 Å². The molecule has 1 aliphatic heterocycles. The number of aromatic nitrogens is 2. The van der Waals surface area contributed by atoms with E-state index in [9.17, 15) is 8.42 Å². The average molecular weight is 474 g/mol. The Morgan fingerprint density at radius 1 is 1.25 bits per heavy atom. The van der Waals surface area contributed by atoms with E-state index < -0.39 is 10.0 Å². The molecule has 5 rings (SSSR count). The summed E-state index contributed by atoms with van der Waals surface area (Å²) >= 11 is 1.45. The summed E-state index contributed by atoms with van der Waals surface area (Å²) in [5, 5.41) is 0.878. The van der Waals surface area contributed by atoms with Crippen LogP contribution in [-0.2, 0) is 10.0 Å². The van der Waals surface area contributed by atoms with Gasteiger partial charge in [0.2, 0.25) is 10.0 Å². The lowest BCUT2D eigenvalue weighted by molar-refractivity contribution is 0.412. The predicted octanol–water partition coefficient (Wildman–Crippen LogP) is 3.25. The minimum atomic E-state index is -3.14. The second-order valence-electron chi connectivity index (χ2n) is 8.58. The molecule has 32 heavy (non-hydrogen) atoms. The van der Waals surface area contributed by atoms with Gasteiger partial charge in [-0.05, 0) is 66.9 Å². The molecule has 0 spiro atoms. The molecule has 2 aromatic heterocycles. The fraction of sp³-hybridized carbons (Fsp3) is 0.455. The highest BCUT2D eigenvalue weighted by Crippen LogP contribution is 2.36. The van der Waals surface area contributed by atoms with Gasteiger partial charge in [0.15, 0.2) is 0 Å². The van der Waals surface area contributed by atoms with E-state index in [4.69, 9.17) is 15.5 Å². The zero-order valence-electron chi connectivity index (χ0n) is 18.0. The average Bonchev–Trinajstić information content (AvgIpc) is 3.59. The van der Waals surface area contributed by atoms with Crippen LogP contribution in [0.25, 0.3) is 22.2 Å². The molecule has 1 aliphatic carbocycles. The van der Waals surface area contributed by atoms with E-state index >= 15 is 0 Å². The van der Waals surface area contributed by atoms with Gasteiger partial charge in [-0.3, -0.25) is 4.98 Å². The molecule has 2 aliphatic rings. The molecule has 1 saturated carbocycles. The van der Waals surface area contributed by atoms with E-state index in [2.05, 4.69) is 14.0 Å². The van der Waals surface area contributed by atoms with E-state index in [1.54, 1.807) is 7.11 Å². The number of nitrogens with two attached hydrogens (primary N) is 1. The molecule has 3 heterocycles. The minimum Gasteiger partial charge on any atom is -0.495 e. The first-order chi connectivity index (χ1) is 15.4. The molecule has 0 bridgehead atoms. The van der Waals surface area contributed by atoms with Gasteiger partial charge >= 0.3 is 0 Å². The number of hydrogen-bond donors (Lipinski definition) is 2. The molecule has 2 fully saturated rings. The molecule has 3 aromatic rings. The molecule has 1 unspecified atom stereocenters. The summed E-state index contributed by atoms with van der Waals surface area (Å²) in [4.78, 5) is 7.04. The quantitative estimate of drug-likeness (QED) is 0.507. The van der Waals surface area contributed by atoms with Crippen molar-refractivity contribution in [3.05, 3.63) is 30.5 Å². The van der Waals surface area contributed by atoms with Crippen LogP contribution in [0.3, 0.4) is 0 Å². The van der Waals surface area contributed by atoms with Crippen molar-refractivity contribution in [1.29, 1.82) is 0 Å². The molecule has 1 atom stereocenters. The number of pyridine rings is 1. The molecule has 1 saturated heterocycles. The highest BCUT2D eigenvalue weighted by molar-refractivity contribution is 7.90. The molecule has 8 nitrogen and oxygen atoms in total. The number of anilines is 2. The number of fused-ring (bicyclic) bond motifs is 1. The summed E-state index contributed by atoms with van der Waals surface area (Å²) in [6.45, 7) is 2.24. The van der Waals surface area contributed by atoms with Crippen molar-refractivity contribution in [3.8, 4) is 16.9 Å². The molecule has 0 amide bonds. The standard InChI is InChI=1S/C22H27N5O3S2/c1-30-20-10-15(4-7-18(20)23)16-9-19-21(24-12-16)22(31-26-19)27-8-2-3-14(13-27)11-25-32(28,29)17-5-6-17/h4,7,9-10,12,14,17,25H,2-3,5-6,8,11,13,23H2,1H3. The number of methoxy groups -OCH3 is 1. The van der Waals surface area contributed by atoms with Crippen molar-refractivity contribution in [2.45, 2.75) is 30.9 Å². The molecule has 1 aromatic carbocycles. The second-order valence-corrected chi connectivity index (χ2v) is 11.4. The third-order valence-corrected chi connectivity index (χ3v) is 9.04. The zero-order chi connectivity index (χ0) is 22.3. The fourth-order valence-corrected chi connectivity index (χ4v) is 6.53. The summed E-state index contributed by atoms with van der Waals surface area (Å²) in [5.41, 5.74) is 10.2. The topological polar surface area (TPSA) is 110 Å². The highest BCUT2D eigenvalue weighted by atomic mass is 32.2. The monoisotopic (exact) mass is 473 g/mol. The number of rotatable bonds is 7. The van der Waals surface area contributed by atoms with Gasteiger partial charge in [-0.2, -0.15) is 4.37 Å². The molecular formula is C22H27N5O3S2. The zero-order valence-corrected chi connectivity index (χ0v) is 19.6. The first kappa shape index (κ1) is 21.4. The van der Waals surface area contributed by atoms with E-state index in [0.29, 0.717) is 18.0 Å². The Morgan fingerprint density at radius 2 is 2.09 bits per heavy atom. The number of sulfonamides is 1. The number of nitrogens with zero attached hydrogens (tertiary/aromatic N) is 3. The van der Waals surface area contributed by atoms with Gasteiger partial charge in [0, 0.05) is 31.4 Å². The van der Waals surface area contributed by atoms with Gasteiger partial charge < -0.3 is 15.4 Å². The Balaban J connectivity index is 1.33.